The van der Waals surface area contributed by atoms with Crippen LogP contribution in [0.1, 0.15) is 49.5 Å². The molecular formula is C26H28F3N6O3-. The minimum absolute atomic E-state index is 0.0451. The number of amides is 1. The number of aromatic nitrogens is 3. The lowest BCUT2D eigenvalue weighted by Gasteiger charge is -2.39. The van der Waals surface area contributed by atoms with E-state index in [1.165, 1.54) is 24.5 Å². The minimum Gasteiger partial charge on any atom is -0.666 e. The number of nitrogens with one attached hydrogen (secondary N) is 2. The van der Waals surface area contributed by atoms with Crippen molar-refractivity contribution in [2.24, 2.45) is 11.3 Å². The van der Waals surface area contributed by atoms with Crippen LogP contribution in [0.3, 0.4) is 0 Å². The van der Waals surface area contributed by atoms with E-state index >= 15 is 0 Å². The summed E-state index contributed by atoms with van der Waals surface area (Å²) in [4.78, 5) is 35.7. The second-order valence-corrected chi connectivity index (χ2v) is 10.1. The Hall–Kier alpha value is -3.98. The highest BCUT2D eigenvalue weighted by atomic mass is 19.4. The van der Waals surface area contributed by atoms with Crippen LogP contribution in [0.2, 0.25) is 0 Å². The Labute approximate surface area is 217 Å². The second kappa shape index (κ2) is 11.2. The number of likely N-dealkylation sites (tertiary alicyclic amines) is 1. The average Bonchev–Trinajstić information content (AvgIpc) is 3.31. The molecule has 1 aliphatic rings. The first-order chi connectivity index (χ1) is 17.7. The Kier molecular flexibility index (Phi) is 8.41. The summed E-state index contributed by atoms with van der Waals surface area (Å²) in [6.07, 6.45) is -0.278. The number of aromatic carboxylic acids is 1. The molecule has 3 heterocycles. The Morgan fingerprint density at radius 1 is 1.18 bits per heavy atom. The molecule has 1 atom stereocenters. The van der Waals surface area contributed by atoms with Gasteiger partial charge in [-0.05, 0) is 30.4 Å². The summed E-state index contributed by atoms with van der Waals surface area (Å²) in [6, 6.07) is 5.96. The van der Waals surface area contributed by atoms with E-state index in [1.54, 1.807) is 4.90 Å². The van der Waals surface area contributed by atoms with Crippen LogP contribution < -0.4 is 0 Å². The van der Waals surface area contributed by atoms with Gasteiger partial charge in [-0.2, -0.15) is 18.4 Å². The maximum Gasteiger partial charge on any atom is 0.416 e. The van der Waals surface area contributed by atoms with E-state index in [9.17, 15) is 22.8 Å². The molecule has 3 N–H and O–H groups in total. The number of carbonyl (C=O) groups is 2. The van der Waals surface area contributed by atoms with Gasteiger partial charge in [-0.25, -0.2) is 14.8 Å². The molecule has 38 heavy (non-hydrogen) atoms. The van der Waals surface area contributed by atoms with Gasteiger partial charge in [-0.1, -0.05) is 38.9 Å². The molecule has 0 unspecified atom stereocenters. The first-order valence-corrected chi connectivity index (χ1v) is 11.9. The van der Waals surface area contributed by atoms with Crippen molar-refractivity contribution in [3.8, 4) is 17.3 Å². The topological polar surface area (TPSA) is 147 Å². The lowest BCUT2D eigenvalue weighted by atomic mass is 9.86. The van der Waals surface area contributed by atoms with Crippen molar-refractivity contribution in [1.82, 2.24) is 19.9 Å². The van der Waals surface area contributed by atoms with Gasteiger partial charge in [0.25, 0.3) is 0 Å². The van der Waals surface area contributed by atoms with Crippen molar-refractivity contribution in [2.75, 3.05) is 13.1 Å². The van der Waals surface area contributed by atoms with Gasteiger partial charge in [-0.3, -0.25) is 4.79 Å². The van der Waals surface area contributed by atoms with E-state index in [2.05, 4.69) is 21.0 Å². The van der Waals surface area contributed by atoms with Crippen molar-refractivity contribution in [1.29, 1.82) is 5.26 Å². The molecule has 0 bridgehead atoms. The minimum atomic E-state index is -4.41. The number of aromatic amines is 1. The SMILES string of the molecule is CC(C)(C)[C@@H]([NH-])C(=O)N1CCC(C#N)CC1.O=C(O)c1c[nH]c2ncc(-c3ccc(C(F)(F)F)cc3)nc12. The maximum absolute atomic E-state index is 12.5. The number of H-pyrrole nitrogens is 1. The average molecular weight is 530 g/mol. The molecule has 0 spiro atoms. The molecule has 1 saturated heterocycles. The number of piperidine rings is 1. The first-order valence-electron chi connectivity index (χ1n) is 11.9. The predicted octanol–water partition coefficient (Wildman–Crippen LogP) is 5.56. The Balaban J connectivity index is 0.000000223. The molecule has 3 aromatic rings. The highest BCUT2D eigenvalue weighted by Gasteiger charge is 2.30. The summed E-state index contributed by atoms with van der Waals surface area (Å²) in [7, 11) is 0. The number of nitrogens with zero attached hydrogens (tertiary/aromatic N) is 4. The number of hydrogen-bond donors (Lipinski definition) is 2. The summed E-state index contributed by atoms with van der Waals surface area (Å²) in [5, 5.41) is 17.8. The van der Waals surface area contributed by atoms with Crippen molar-refractivity contribution >= 4 is 23.0 Å². The number of halogens is 3. The molecule has 202 valence electrons. The van der Waals surface area contributed by atoms with Gasteiger partial charge in [0.15, 0.2) is 5.65 Å². The fourth-order valence-corrected chi connectivity index (χ4v) is 3.81. The van der Waals surface area contributed by atoms with E-state index in [-0.39, 0.29) is 28.3 Å². The molecule has 1 aliphatic heterocycles. The number of rotatable bonds is 3. The number of carboxylic acid groups (broad SMARTS) is 1. The van der Waals surface area contributed by atoms with Crippen molar-refractivity contribution in [3.63, 3.8) is 0 Å². The summed E-state index contributed by atoms with van der Waals surface area (Å²) in [6.45, 7) is 6.98. The van der Waals surface area contributed by atoms with Crippen LogP contribution in [-0.4, -0.2) is 56.0 Å². The number of hydrogen-bond acceptors (Lipinski definition) is 5. The van der Waals surface area contributed by atoms with E-state index in [4.69, 9.17) is 16.1 Å². The molecule has 4 rings (SSSR count). The molecule has 0 aliphatic carbocycles. The van der Waals surface area contributed by atoms with Gasteiger partial charge in [0.05, 0.1) is 23.5 Å². The molecule has 0 saturated carbocycles. The third kappa shape index (κ3) is 6.66. The van der Waals surface area contributed by atoms with Gasteiger partial charge < -0.3 is 20.7 Å². The number of alkyl halides is 3. The molecule has 0 radical (unpaired) electrons. The van der Waals surface area contributed by atoms with Crippen LogP contribution in [0, 0.1) is 22.7 Å². The third-order valence-electron chi connectivity index (χ3n) is 6.22. The van der Waals surface area contributed by atoms with E-state index < -0.39 is 23.8 Å². The summed E-state index contributed by atoms with van der Waals surface area (Å²) >= 11 is 0. The highest BCUT2D eigenvalue weighted by Crippen LogP contribution is 2.31. The van der Waals surface area contributed by atoms with Gasteiger partial charge >= 0.3 is 12.1 Å². The lowest BCUT2D eigenvalue weighted by Crippen LogP contribution is -2.46. The zero-order valence-corrected chi connectivity index (χ0v) is 21.1. The molecule has 2 aromatic heterocycles. The van der Waals surface area contributed by atoms with Crippen molar-refractivity contribution in [3.05, 3.63) is 53.5 Å². The predicted molar refractivity (Wildman–Crippen MR) is 134 cm³/mol. The van der Waals surface area contributed by atoms with Gasteiger partial charge in [0, 0.05) is 30.8 Å². The number of fused-ring (bicyclic) bond motifs is 1. The summed E-state index contributed by atoms with van der Waals surface area (Å²) in [5.74, 6) is -1.17. The van der Waals surface area contributed by atoms with Gasteiger partial charge in [-0.15, -0.1) is 0 Å². The smallest absolute Gasteiger partial charge is 0.416 e. The fraction of sp³-hybridized carbons (Fsp3) is 0.423. The maximum atomic E-state index is 12.5. The zero-order chi connectivity index (χ0) is 28.3. The summed E-state index contributed by atoms with van der Waals surface area (Å²) < 4.78 is 37.6. The van der Waals surface area contributed by atoms with Gasteiger partial charge in [0.1, 0.15) is 11.1 Å². The Morgan fingerprint density at radius 3 is 2.29 bits per heavy atom. The van der Waals surface area contributed by atoms with E-state index in [1.807, 2.05) is 20.8 Å². The largest absolute Gasteiger partial charge is 0.666 e. The molecule has 9 nitrogen and oxygen atoms in total. The van der Waals surface area contributed by atoms with E-state index in [0.29, 0.717) is 30.0 Å². The fourth-order valence-electron chi connectivity index (χ4n) is 3.81. The number of benzene rings is 1. The van der Waals surface area contributed by atoms with Crippen LogP contribution in [0.5, 0.6) is 0 Å². The number of carboxylic acids is 1. The van der Waals surface area contributed by atoms with Crippen LogP contribution in [0.25, 0.3) is 28.2 Å². The highest BCUT2D eigenvalue weighted by molar-refractivity contribution is 6.00. The van der Waals surface area contributed by atoms with Crippen LogP contribution in [0.15, 0.2) is 36.7 Å². The number of nitriles is 1. The second-order valence-electron chi connectivity index (χ2n) is 10.1. The normalized spacial score (nSPS) is 15.4. The third-order valence-corrected chi connectivity index (χ3v) is 6.22. The van der Waals surface area contributed by atoms with Gasteiger partial charge in [0.2, 0.25) is 5.91 Å². The molecule has 12 heteroatoms. The quantitative estimate of drug-likeness (QED) is 0.454. The number of carbonyl (C=O) groups excluding carboxylic acids is 1. The lowest BCUT2D eigenvalue weighted by molar-refractivity contribution is -0.137. The Morgan fingerprint density at radius 2 is 1.79 bits per heavy atom. The Bertz CT molecular complexity index is 1330. The van der Waals surface area contributed by atoms with Crippen LogP contribution >= 0.6 is 0 Å². The summed E-state index contributed by atoms with van der Waals surface area (Å²) in [5.41, 5.74) is 7.95. The van der Waals surface area contributed by atoms with Crippen molar-refractivity contribution < 1.29 is 27.9 Å². The molecule has 1 fully saturated rings. The van der Waals surface area contributed by atoms with E-state index in [0.717, 1.165) is 25.0 Å². The first kappa shape index (κ1) is 28.6. The van der Waals surface area contributed by atoms with Crippen molar-refractivity contribution in [2.45, 2.75) is 45.8 Å². The van der Waals surface area contributed by atoms with Crippen LogP contribution in [0.4, 0.5) is 13.2 Å². The molecule has 1 aromatic carbocycles. The zero-order valence-electron chi connectivity index (χ0n) is 21.1. The molecular weight excluding hydrogens is 501 g/mol. The standard InChI is InChI=1S/C14H8F3N3O2.C12H20N3O/c15-14(16,17)8-3-1-7(2-4-8)10-6-19-12-11(20-10)9(5-18-12)13(21)22;1-12(2,3)10(14)11(16)15-6-4-9(8-13)5-7-15/h1-6H,(H,18,19)(H,21,22);9-10,14H,4-7H2,1-3H3/q;-1/t;10-/m.0/s1. The monoisotopic (exact) mass is 529 g/mol. The molecule has 1 amide bonds. The van der Waals surface area contributed by atoms with Crippen LogP contribution in [-0.2, 0) is 11.0 Å².